The largest absolute Gasteiger partial charge is 0.382 e. The molecule has 0 aromatic carbocycles. The Morgan fingerprint density at radius 1 is 1.41 bits per heavy atom. The van der Waals surface area contributed by atoms with E-state index in [-0.39, 0.29) is 12.5 Å². The number of nitrogens with zero attached hydrogens (tertiary/aromatic N) is 2. The van der Waals surface area contributed by atoms with Gasteiger partial charge in [-0.1, -0.05) is 0 Å². The average Bonchev–Trinajstić information content (AvgIpc) is 3.01. The van der Waals surface area contributed by atoms with Crippen molar-refractivity contribution < 1.29 is 9.53 Å². The first-order chi connectivity index (χ1) is 10.6. The SMILES string of the molecule is CCOCCCNC(=NCC(=O)N(C)C)NCC1CCCS1. The summed E-state index contributed by atoms with van der Waals surface area (Å²) in [7, 11) is 3.49. The van der Waals surface area contributed by atoms with Gasteiger partial charge in [0.05, 0.1) is 0 Å². The van der Waals surface area contributed by atoms with Crippen molar-refractivity contribution in [2.75, 3.05) is 52.7 Å². The second kappa shape index (κ2) is 11.6. The molecule has 1 aliphatic heterocycles. The molecule has 0 aliphatic carbocycles. The number of thioether (sulfide) groups is 1. The molecular formula is C15H30N4O2S. The van der Waals surface area contributed by atoms with Crippen LogP contribution in [0.25, 0.3) is 0 Å². The van der Waals surface area contributed by atoms with Gasteiger partial charge in [-0.15, -0.1) is 0 Å². The van der Waals surface area contributed by atoms with Gasteiger partial charge in [0.2, 0.25) is 5.91 Å². The van der Waals surface area contributed by atoms with Gasteiger partial charge in [0, 0.05) is 45.6 Å². The van der Waals surface area contributed by atoms with E-state index in [0.29, 0.717) is 5.25 Å². The lowest BCUT2D eigenvalue weighted by Crippen LogP contribution is -2.41. The number of ether oxygens (including phenoxy) is 1. The lowest BCUT2D eigenvalue weighted by atomic mass is 10.2. The summed E-state index contributed by atoms with van der Waals surface area (Å²) in [5, 5.41) is 7.28. The van der Waals surface area contributed by atoms with E-state index >= 15 is 0 Å². The summed E-state index contributed by atoms with van der Waals surface area (Å²) >= 11 is 2.01. The summed E-state index contributed by atoms with van der Waals surface area (Å²) in [6.07, 6.45) is 3.48. The summed E-state index contributed by atoms with van der Waals surface area (Å²) in [6, 6.07) is 0. The molecule has 1 fully saturated rings. The van der Waals surface area contributed by atoms with Crippen molar-refractivity contribution in [1.82, 2.24) is 15.5 Å². The Labute approximate surface area is 138 Å². The van der Waals surface area contributed by atoms with Crippen LogP contribution in [0.4, 0.5) is 0 Å². The maximum absolute atomic E-state index is 11.7. The molecule has 1 aliphatic rings. The normalized spacial score (nSPS) is 18.3. The molecule has 1 saturated heterocycles. The summed E-state index contributed by atoms with van der Waals surface area (Å²) in [6.45, 7) is 5.35. The molecule has 22 heavy (non-hydrogen) atoms. The maximum atomic E-state index is 11.7. The van der Waals surface area contributed by atoms with Crippen molar-refractivity contribution >= 4 is 23.6 Å². The van der Waals surface area contributed by atoms with Crippen LogP contribution >= 0.6 is 11.8 Å². The smallest absolute Gasteiger partial charge is 0.243 e. The summed E-state index contributed by atoms with van der Waals surface area (Å²) in [4.78, 5) is 17.6. The third-order valence-corrected chi connectivity index (χ3v) is 4.75. The van der Waals surface area contributed by atoms with Gasteiger partial charge in [-0.05, 0) is 31.9 Å². The van der Waals surface area contributed by atoms with Gasteiger partial charge in [0.25, 0.3) is 0 Å². The highest BCUT2D eigenvalue weighted by Crippen LogP contribution is 2.25. The van der Waals surface area contributed by atoms with E-state index in [9.17, 15) is 4.79 Å². The number of aliphatic imine (C=N–C) groups is 1. The fraction of sp³-hybridized carbons (Fsp3) is 0.867. The lowest BCUT2D eigenvalue weighted by molar-refractivity contribution is -0.127. The molecule has 6 nitrogen and oxygen atoms in total. The van der Waals surface area contributed by atoms with Crippen molar-refractivity contribution in [2.24, 2.45) is 4.99 Å². The third kappa shape index (κ3) is 8.48. The number of guanidine groups is 1. The molecule has 0 saturated carbocycles. The second-order valence-electron chi connectivity index (χ2n) is 5.45. The van der Waals surface area contributed by atoms with Crippen LogP contribution < -0.4 is 10.6 Å². The average molecular weight is 330 g/mol. The van der Waals surface area contributed by atoms with Crippen LogP contribution in [0.3, 0.4) is 0 Å². The number of nitrogens with one attached hydrogen (secondary N) is 2. The predicted octanol–water partition coefficient (Wildman–Crippen LogP) is 0.932. The van der Waals surface area contributed by atoms with Crippen molar-refractivity contribution in [3.63, 3.8) is 0 Å². The van der Waals surface area contributed by atoms with Crippen LogP contribution in [0, 0.1) is 0 Å². The summed E-state index contributed by atoms with van der Waals surface area (Å²) in [5.41, 5.74) is 0. The van der Waals surface area contributed by atoms with Crippen molar-refractivity contribution in [2.45, 2.75) is 31.4 Å². The molecule has 0 aromatic heterocycles. The highest BCUT2D eigenvalue weighted by atomic mass is 32.2. The van der Waals surface area contributed by atoms with Gasteiger partial charge in [-0.2, -0.15) is 11.8 Å². The van der Waals surface area contributed by atoms with Crippen LogP contribution in [0.5, 0.6) is 0 Å². The molecule has 2 N–H and O–H groups in total. The molecular weight excluding hydrogens is 300 g/mol. The van der Waals surface area contributed by atoms with Crippen LogP contribution in [0.15, 0.2) is 4.99 Å². The maximum Gasteiger partial charge on any atom is 0.243 e. The predicted molar refractivity (Wildman–Crippen MR) is 93.6 cm³/mol. The molecule has 0 bridgehead atoms. The van der Waals surface area contributed by atoms with Gasteiger partial charge in [0.15, 0.2) is 5.96 Å². The zero-order valence-corrected chi connectivity index (χ0v) is 14.9. The van der Waals surface area contributed by atoms with Gasteiger partial charge in [-0.25, -0.2) is 4.99 Å². The van der Waals surface area contributed by atoms with Gasteiger partial charge >= 0.3 is 0 Å². The van der Waals surface area contributed by atoms with Crippen LogP contribution in [0.2, 0.25) is 0 Å². The van der Waals surface area contributed by atoms with E-state index in [0.717, 1.165) is 38.7 Å². The quantitative estimate of drug-likeness (QED) is 0.374. The summed E-state index contributed by atoms with van der Waals surface area (Å²) in [5.74, 6) is 1.98. The Balaban J connectivity index is 2.36. The Bertz CT molecular complexity index is 344. The number of likely N-dealkylation sites (N-methyl/N-ethyl adjacent to an activating group) is 1. The first-order valence-corrected chi connectivity index (χ1v) is 9.10. The first-order valence-electron chi connectivity index (χ1n) is 8.05. The highest BCUT2D eigenvalue weighted by Gasteiger charge is 2.15. The molecule has 1 amide bonds. The first kappa shape index (κ1) is 19.1. The van der Waals surface area contributed by atoms with Crippen LogP contribution in [-0.2, 0) is 9.53 Å². The minimum atomic E-state index is 0.00524. The molecule has 1 heterocycles. The van der Waals surface area contributed by atoms with Gasteiger partial charge in [-0.3, -0.25) is 4.79 Å². The second-order valence-corrected chi connectivity index (χ2v) is 6.85. The number of hydrogen-bond donors (Lipinski definition) is 2. The zero-order chi connectivity index (χ0) is 16.2. The lowest BCUT2D eigenvalue weighted by Gasteiger charge is -2.16. The minimum Gasteiger partial charge on any atom is -0.382 e. The zero-order valence-electron chi connectivity index (χ0n) is 14.1. The van der Waals surface area contributed by atoms with E-state index < -0.39 is 0 Å². The molecule has 128 valence electrons. The van der Waals surface area contributed by atoms with E-state index in [1.807, 2.05) is 18.7 Å². The molecule has 0 spiro atoms. The number of carbonyl (C=O) groups is 1. The van der Waals surface area contributed by atoms with E-state index in [2.05, 4.69) is 15.6 Å². The number of rotatable bonds is 9. The van der Waals surface area contributed by atoms with Crippen molar-refractivity contribution in [3.8, 4) is 0 Å². The van der Waals surface area contributed by atoms with E-state index in [1.54, 1.807) is 19.0 Å². The third-order valence-electron chi connectivity index (χ3n) is 3.35. The van der Waals surface area contributed by atoms with Gasteiger partial charge < -0.3 is 20.3 Å². The van der Waals surface area contributed by atoms with Crippen molar-refractivity contribution in [3.05, 3.63) is 0 Å². The standard InChI is InChI=1S/C15H30N4O2S/c1-4-21-9-6-8-16-15(18-12-14(20)19(2)3)17-11-13-7-5-10-22-13/h13H,4-12H2,1-3H3,(H2,16,17,18). The molecule has 0 aromatic rings. The van der Waals surface area contributed by atoms with Crippen LogP contribution in [0.1, 0.15) is 26.2 Å². The highest BCUT2D eigenvalue weighted by molar-refractivity contribution is 8.00. The topological polar surface area (TPSA) is 66.0 Å². The molecule has 0 radical (unpaired) electrons. The Kier molecular flexibility index (Phi) is 10.1. The Morgan fingerprint density at radius 3 is 2.86 bits per heavy atom. The number of amides is 1. The minimum absolute atomic E-state index is 0.00524. The molecule has 7 heteroatoms. The Hall–Kier alpha value is -0.950. The molecule has 1 rings (SSSR count). The van der Waals surface area contributed by atoms with E-state index in [4.69, 9.17) is 4.74 Å². The summed E-state index contributed by atoms with van der Waals surface area (Å²) < 4.78 is 5.32. The van der Waals surface area contributed by atoms with E-state index in [1.165, 1.54) is 18.6 Å². The number of carbonyl (C=O) groups excluding carboxylic acids is 1. The molecule has 1 unspecified atom stereocenters. The Morgan fingerprint density at radius 2 is 2.23 bits per heavy atom. The van der Waals surface area contributed by atoms with Crippen molar-refractivity contribution in [1.29, 1.82) is 0 Å². The fourth-order valence-corrected chi connectivity index (χ4v) is 3.20. The number of hydrogen-bond acceptors (Lipinski definition) is 4. The molecule has 1 atom stereocenters. The fourth-order valence-electron chi connectivity index (χ4n) is 2.00. The van der Waals surface area contributed by atoms with Crippen LogP contribution in [-0.4, -0.2) is 74.7 Å². The van der Waals surface area contributed by atoms with Gasteiger partial charge in [0.1, 0.15) is 6.54 Å². The monoisotopic (exact) mass is 330 g/mol.